The average molecular weight is 288 g/mol. The molecule has 0 spiro atoms. The lowest BCUT2D eigenvalue weighted by Crippen LogP contribution is -2.07. The first-order valence-electron chi connectivity index (χ1n) is 8.62. The lowest BCUT2D eigenvalue weighted by molar-refractivity contribution is -0.104. The van der Waals surface area contributed by atoms with Crippen LogP contribution in [0.3, 0.4) is 0 Å². The van der Waals surface area contributed by atoms with Gasteiger partial charge in [-0.05, 0) is 56.4 Å². The third-order valence-electron chi connectivity index (χ3n) is 4.50. The van der Waals surface area contributed by atoms with Crippen molar-refractivity contribution in [2.75, 3.05) is 0 Å². The van der Waals surface area contributed by atoms with Crippen LogP contribution in [0.25, 0.3) is 0 Å². The molecular weight excluding hydrogens is 256 g/mol. The summed E-state index contributed by atoms with van der Waals surface area (Å²) < 4.78 is 0. The number of carbonyl (C=O) groups excluding carboxylic acids is 1. The van der Waals surface area contributed by atoms with Crippen LogP contribution in [-0.2, 0) is 4.79 Å². The summed E-state index contributed by atoms with van der Waals surface area (Å²) >= 11 is 0. The zero-order valence-electron chi connectivity index (χ0n) is 14.3. The number of aldehydes is 1. The zero-order valence-corrected chi connectivity index (χ0v) is 14.3. The molecule has 1 aliphatic carbocycles. The molecule has 0 bridgehead atoms. The monoisotopic (exact) mass is 288 g/mol. The molecule has 1 nitrogen and oxygen atoms in total. The van der Waals surface area contributed by atoms with Gasteiger partial charge in [0.2, 0.25) is 0 Å². The maximum atomic E-state index is 10.7. The number of hydrogen-bond acceptors (Lipinski definition) is 1. The number of rotatable bonds is 9. The second-order valence-electron chi connectivity index (χ2n) is 6.54. The zero-order chi connectivity index (χ0) is 15.7. The summed E-state index contributed by atoms with van der Waals surface area (Å²) in [5.41, 5.74) is 3.98. The van der Waals surface area contributed by atoms with E-state index in [2.05, 4.69) is 39.0 Å². The van der Waals surface area contributed by atoms with E-state index >= 15 is 0 Å². The second kappa shape index (κ2) is 9.76. The quantitative estimate of drug-likeness (QED) is 0.374. The van der Waals surface area contributed by atoms with Crippen LogP contribution in [0.1, 0.15) is 72.6 Å². The van der Waals surface area contributed by atoms with E-state index in [1.165, 1.54) is 37.7 Å². The number of carbonyl (C=O) groups is 1. The van der Waals surface area contributed by atoms with Crippen molar-refractivity contribution in [3.05, 3.63) is 34.9 Å². The molecule has 0 aromatic heterocycles. The van der Waals surface area contributed by atoms with Crippen LogP contribution in [0.2, 0.25) is 0 Å². The van der Waals surface area contributed by atoms with Gasteiger partial charge in [-0.1, -0.05) is 63.0 Å². The summed E-state index contributed by atoms with van der Waals surface area (Å²) in [4.78, 5) is 10.7. The van der Waals surface area contributed by atoms with Crippen molar-refractivity contribution in [2.24, 2.45) is 11.8 Å². The second-order valence-corrected chi connectivity index (χ2v) is 6.54. The van der Waals surface area contributed by atoms with Gasteiger partial charge in [0.25, 0.3) is 0 Å². The molecule has 0 amide bonds. The van der Waals surface area contributed by atoms with Gasteiger partial charge in [0.05, 0.1) is 0 Å². The Morgan fingerprint density at radius 2 is 2.14 bits per heavy atom. The van der Waals surface area contributed by atoms with Gasteiger partial charge in [-0.15, -0.1) is 0 Å². The fourth-order valence-corrected chi connectivity index (χ4v) is 3.21. The van der Waals surface area contributed by atoms with Crippen LogP contribution in [0.5, 0.6) is 0 Å². The van der Waals surface area contributed by atoms with Gasteiger partial charge in [0, 0.05) is 0 Å². The lowest BCUT2D eigenvalue weighted by Gasteiger charge is -2.22. The summed E-state index contributed by atoms with van der Waals surface area (Å²) in [6.45, 7) is 8.78. The highest BCUT2D eigenvalue weighted by molar-refractivity contribution is 5.71. The first kappa shape index (κ1) is 17.9. The number of hydrogen-bond donors (Lipinski definition) is 0. The average Bonchev–Trinajstić information content (AvgIpc) is 2.48. The Morgan fingerprint density at radius 1 is 1.38 bits per heavy atom. The maximum Gasteiger partial charge on any atom is 0.145 e. The molecule has 1 heteroatoms. The highest BCUT2D eigenvalue weighted by Crippen LogP contribution is 2.31. The molecule has 118 valence electrons. The summed E-state index contributed by atoms with van der Waals surface area (Å²) in [5.74, 6) is 1.39. The predicted molar refractivity (Wildman–Crippen MR) is 92.3 cm³/mol. The highest BCUT2D eigenvalue weighted by atomic mass is 16.1. The van der Waals surface area contributed by atoms with E-state index in [0.29, 0.717) is 5.92 Å². The largest absolute Gasteiger partial charge is 0.298 e. The fraction of sp³-hybridized carbons (Fsp3) is 0.650. The Labute approximate surface area is 131 Å². The van der Waals surface area contributed by atoms with Gasteiger partial charge in [0.15, 0.2) is 0 Å². The van der Waals surface area contributed by atoms with E-state index in [-0.39, 0.29) is 0 Å². The van der Waals surface area contributed by atoms with Crippen molar-refractivity contribution >= 4 is 6.29 Å². The van der Waals surface area contributed by atoms with E-state index in [9.17, 15) is 4.79 Å². The van der Waals surface area contributed by atoms with Crippen LogP contribution >= 0.6 is 0 Å². The maximum absolute atomic E-state index is 10.7. The van der Waals surface area contributed by atoms with E-state index in [4.69, 9.17) is 0 Å². The minimum atomic E-state index is 0.602. The van der Waals surface area contributed by atoms with Crippen LogP contribution in [0.15, 0.2) is 34.9 Å². The molecule has 1 rings (SSSR count). The smallest absolute Gasteiger partial charge is 0.145 e. The van der Waals surface area contributed by atoms with Crippen molar-refractivity contribution in [3.8, 4) is 0 Å². The van der Waals surface area contributed by atoms with Gasteiger partial charge < -0.3 is 0 Å². The summed E-state index contributed by atoms with van der Waals surface area (Å²) in [6.07, 6.45) is 16.3. The molecule has 0 saturated carbocycles. The van der Waals surface area contributed by atoms with Crippen LogP contribution in [-0.4, -0.2) is 6.29 Å². The van der Waals surface area contributed by atoms with E-state index < -0.39 is 0 Å². The topological polar surface area (TPSA) is 17.1 Å². The molecule has 2 atom stereocenters. The third kappa shape index (κ3) is 6.46. The molecule has 0 N–H and O–H groups in total. The minimum Gasteiger partial charge on any atom is -0.298 e. The standard InChI is InChI=1S/C20H32O/c1-5-8-16(3)13-18-9-7-10-20(14-18)19(6-2)12-11-17(4)15-21/h9,11,14-16,19H,5-8,10,12-13H2,1-4H3/b17-11+. The van der Waals surface area contributed by atoms with Crippen molar-refractivity contribution in [3.63, 3.8) is 0 Å². The van der Waals surface area contributed by atoms with Gasteiger partial charge in [0.1, 0.15) is 6.29 Å². The first-order valence-corrected chi connectivity index (χ1v) is 8.62. The molecule has 0 fully saturated rings. The molecular formula is C20H32O. The first-order chi connectivity index (χ1) is 10.1. The molecule has 0 saturated heterocycles. The van der Waals surface area contributed by atoms with Crippen molar-refractivity contribution < 1.29 is 4.79 Å². The molecule has 0 heterocycles. The Morgan fingerprint density at radius 3 is 2.76 bits per heavy atom. The van der Waals surface area contributed by atoms with Crippen molar-refractivity contribution in [1.29, 1.82) is 0 Å². The molecule has 1 aliphatic rings. The normalized spacial score (nSPS) is 18.8. The van der Waals surface area contributed by atoms with Gasteiger partial charge in [-0.3, -0.25) is 4.79 Å². The van der Waals surface area contributed by atoms with Crippen LogP contribution in [0.4, 0.5) is 0 Å². The highest BCUT2D eigenvalue weighted by Gasteiger charge is 2.15. The van der Waals surface area contributed by atoms with E-state index in [1.54, 1.807) is 5.57 Å². The Balaban J connectivity index is 2.69. The van der Waals surface area contributed by atoms with Gasteiger partial charge >= 0.3 is 0 Å². The van der Waals surface area contributed by atoms with Crippen molar-refractivity contribution in [2.45, 2.75) is 72.6 Å². The van der Waals surface area contributed by atoms with Crippen LogP contribution in [0, 0.1) is 11.8 Å². The molecule has 0 radical (unpaired) electrons. The van der Waals surface area contributed by atoms with Crippen molar-refractivity contribution in [1.82, 2.24) is 0 Å². The molecule has 0 aliphatic heterocycles. The lowest BCUT2D eigenvalue weighted by atomic mass is 9.83. The fourth-order valence-electron chi connectivity index (χ4n) is 3.21. The summed E-state index contributed by atoms with van der Waals surface area (Å²) in [7, 11) is 0. The van der Waals surface area contributed by atoms with Gasteiger partial charge in [-0.2, -0.15) is 0 Å². The SMILES string of the molecule is CCCC(C)CC1=CCCC(C(CC)C/C=C(\C)C=O)=C1. The predicted octanol–water partition coefficient (Wildman–Crippen LogP) is 6.02. The summed E-state index contributed by atoms with van der Waals surface area (Å²) in [5, 5.41) is 0. The summed E-state index contributed by atoms with van der Waals surface area (Å²) in [6, 6.07) is 0. The Hall–Kier alpha value is -1.11. The molecule has 2 unspecified atom stereocenters. The molecule has 21 heavy (non-hydrogen) atoms. The Kier molecular flexibility index (Phi) is 8.34. The molecule has 0 aromatic carbocycles. The number of allylic oxidation sites excluding steroid dienone is 6. The minimum absolute atomic E-state index is 0.602. The third-order valence-corrected chi connectivity index (χ3v) is 4.50. The van der Waals surface area contributed by atoms with E-state index in [0.717, 1.165) is 30.6 Å². The van der Waals surface area contributed by atoms with Crippen LogP contribution < -0.4 is 0 Å². The Bertz CT molecular complexity index is 412. The van der Waals surface area contributed by atoms with E-state index in [1.807, 2.05) is 6.92 Å². The van der Waals surface area contributed by atoms with Gasteiger partial charge in [-0.25, -0.2) is 0 Å². The molecule has 0 aromatic rings.